The number of allylic oxidation sites excluding steroid dienone is 1. The number of hydrogen-bond donors (Lipinski definition) is 2. The maximum absolute atomic E-state index is 13.5. The molecule has 0 saturated heterocycles. The van der Waals surface area contributed by atoms with Crippen molar-refractivity contribution in [3.63, 3.8) is 0 Å². The van der Waals surface area contributed by atoms with Crippen LogP contribution in [0.5, 0.6) is 0 Å². The summed E-state index contributed by atoms with van der Waals surface area (Å²) in [4.78, 5) is 43.2. The van der Waals surface area contributed by atoms with Crippen LogP contribution in [0.1, 0.15) is 42.3 Å². The number of urea groups is 1. The molecule has 2 N–H and O–H groups in total. The third-order valence-electron chi connectivity index (χ3n) is 5.94. The van der Waals surface area contributed by atoms with Crippen LogP contribution in [0.15, 0.2) is 53.3 Å². The largest absolute Gasteiger partial charge is 0.334 e. The number of halogens is 1. The highest BCUT2D eigenvalue weighted by Gasteiger charge is 2.28. The molecule has 1 aliphatic carbocycles. The van der Waals surface area contributed by atoms with Crippen molar-refractivity contribution in [3.8, 4) is 0 Å². The van der Waals surface area contributed by atoms with Crippen molar-refractivity contribution in [1.29, 1.82) is 0 Å². The smallest absolute Gasteiger partial charge is 0.319 e. The minimum atomic E-state index is -0.546. The van der Waals surface area contributed by atoms with Gasteiger partial charge in [-0.3, -0.25) is 14.2 Å². The Balaban J connectivity index is 1.61. The molecule has 8 heteroatoms. The van der Waals surface area contributed by atoms with Crippen LogP contribution in [-0.4, -0.2) is 21.4 Å². The van der Waals surface area contributed by atoms with Gasteiger partial charge < -0.3 is 10.6 Å². The van der Waals surface area contributed by atoms with E-state index >= 15 is 0 Å². The first-order valence-electron chi connectivity index (χ1n) is 10.8. The van der Waals surface area contributed by atoms with E-state index in [4.69, 9.17) is 11.6 Å². The lowest BCUT2D eigenvalue weighted by molar-refractivity contribution is -0.122. The topological polar surface area (TPSA) is 93.1 Å². The fraction of sp³-hybridized carbons (Fsp3) is 0.280. The standard InChI is InChI=1S/C25H25ClN4O3/c1-14-7-10-21(22(31)11-14)30-16(3)28-20-6-4-5-17(23(20)24(30)32)13-27-25(33)29-18-9-8-15(2)19(26)12-18/h4-6,8-9,12,21H,1,7,10-11,13H2,2-3H3,(H2,27,29,33). The lowest BCUT2D eigenvalue weighted by Crippen LogP contribution is -2.35. The van der Waals surface area contributed by atoms with Gasteiger partial charge in [-0.15, -0.1) is 0 Å². The predicted octanol–water partition coefficient (Wildman–Crippen LogP) is 4.84. The molecule has 4 rings (SSSR count). The summed E-state index contributed by atoms with van der Waals surface area (Å²) in [5, 5.41) is 6.48. The summed E-state index contributed by atoms with van der Waals surface area (Å²) in [6.07, 6.45) is 1.52. The van der Waals surface area contributed by atoms with Crippen LogP contribution in [0.25, 0.3) is 10.9 Å². The number of nitrogens with one attached hydrogen (secondary N) is 2. The number of hydrogen-bond acceptors (Lipinski definition) is 4. The Morgan fingerprint density at radius 1 is 1.24 bits per heavy atom. The highest BCUT2D eigenvalue weighted by molar-refractivity contribution is 6.31. The molecule has 0 radical (unpaired) electrons. The first-order valence-corrected chi connectivity index (χ1v) is 11.1. The Morgan fingerprint density at radius 2 is 2.03 bits per heavy atom. The first kappa shape index (κ1) is 22.7. The Kier molecular flexibility index (Phi) is 6.33. The van der Waals surface area contributed by atoms with E-state index in [-0.39, 0.29) is 24.3 Å². The van der Waals surface area contributed by atoms with Gasteiger partial charge in [-0.2, -0.15) is 0 Å². The first-order chi connectivity index (χ1) is 15.7. The van der Waals surface area contributed by atoms with Crippen molar-refractivity contribution >= 4 is 40.0 Å². The number of aryl methyl sites for hydroxylation is 2. The molecule has 1 saturated carbocycles. The molecule has 1 aromatic heterocycles. The second kappa shape index (κ2) is 9.19. The number of nitrogens with zero attached hydrogens (tertiary/aromatic N) is 2. The molecule has 33 heavy (non-hydrogen) atoms. The number of carbonyl (C=O) groups excluding carboxylic acids is 2. The Labute approximate surface area is 196 Å². The summed E-state index contributed by atoms with van der Waals surface area (Å²) < 4.78 is 1.50. The molecule has 1 unspecified atom stereocenters. The highest BCUT2D eigenvalue weighted by Crippen LogP contribution is 2.28. The molecule has 1 atom stereocenters. The number of rotatable bonds is 4. The van der Waals surface area contributed by atoms with E-state index in [1.165, 1.54) is 4.57 Å². The van der Waals surface area contributed by atoms with Crippen LogP contribution in [0.2, 0.25) is 5.02 Å². The lowest BCUT2D eigenvalue weighted by Gasteiger charge is -2.26. The molecule has 1 heterocycles. The van der Waals surface area contributed by atoms with Gasteiger partial charge in [0.15, 0.2) is 5.78 Å². The van der Waals surface area contributed by atoms with Crippen molar-refractivity contribution in [1.82, 2.24) is 14.9 Å². The summed E-state index contributed by atoms with van der Waals surface area (Å²) in [6.45, 7) is 7.65. The minimum Gasteiger partial charge on any atom is -0.334 e. The van der Waals surface area contributed by atoms with Crippen LogP contribution in [0.4, 0.5) is 10.5 Å². The molecule has 3 aromatic rings. The van der Waals surface area contributed by atoms with E-state index in [0.717, 1.165) is 11.1 Å². The molecule has 0 aliphatic heterocycles. The van der Waals surface area contributed by atoms with Crippen LogP contribution in [-0.2, 0) is 11.3 Å². The Morgan fingerprint density at radius 3 is 2.76 bits per heavy atom. The van der Waals surface area contributed by atoms with E-state index in [0.29, 0.717) is 45.8 Å². The molecule has 0 spiro atoms. The van der Waals surface area contributed by atoms with E-state index in [2.05, 4.69) is 22.2 Å². The van der Waals surface area contributed by atoms with E-state index in [9.17, 15) is 14.4 Å². The number of fused-ring (bicyclic) bond motifs is 1. The number of Topliss-reactive ketones (excluding diaryl/α,β-unsaturated/α-hetero) is 1. The van der Waals surface area contributed by atoms with Gasteiger partial charge in [-0.1, -0.05) is 42.0 Å². The van der Waals surface area contributed by atoms with Gasteiger partial charge >= 0.3 is 6.03 Å². The monoisotopic (exact) mass is 464 g/mol. The third-order valence-corrected chi connectivity index (χ3v) is 6.35. The Hall–Kier alpha value is -3.45. The lowest BCUT2D eigenvalue weighted by atomic mass is 9.90. The zero-order valence-electron chi connectivity index (χ0n) is 18.6. The van der Waals surface area contributed by atoms with E-state index in [1.807, 2.05) is 13.0 Å². The SMILES string of the molecule is C=C1CCC(n2c(C)nc3cccc(CNC(=O)Nc4ccc(C)c(Cl)c4)c3c2=O)C(=O)C1. The maximum Gasteiger partial charge on any atom is 0.319 e. The molecular weight excluding hydrogens is 440 g/mol. The van der Waals surface area contributed by atoms with Gasteiger partial charge in [0.2, 0.25) is 0 Å². The van der Waals surface area contributed by atoms with Crippen molar-refractivity contribution < 1.29 is 9.59 Å². The zero-order chi connectivity index (χ0) is 23.7. The predicted molar refractivity (Wildman–Crippen MR) is 130 cm³/mol. The van der Waals surface area contributed by atoms with E-state index in [1.54, 1.807) is 37.3 Å². The summed E-state index contributed by atoms with van der Waals surface area (Å²) in [5.41, 5.74) is 3.26. The molecule has 0 bridgehead atoms. The van der Waals surface area contributed by atoms with Gasteiger partial charge in [0.05, 0.1) is 16.9 Å². The molecule has 1 fully saturated rings. The summed E-state index contributed by atoms with van der Waals surface area (Å²) in [5.74, 6) is 0.474. The number of ketones is 1. The van der Waals surface area contributed by atoms with E-state index < -0.39 is 12.1 Å². The normalized spacial score (nSPS) is 16.2. The van der Waals surface area contributed by atoms with Gasteiger partial charge in [0.1, 0.15) is 5.82 Å². The van der Waals surface area contributed by atoms with Crippen molar-refractivity contribution in [2.75, 3.05) is 5.32 Å². The number of anilines is 1. The number of benzene rings is 2. The molecule has 2 amide bonds. The third kappa shape index (κ3) is 4.68. The van der Waals surface area contributed by atoms with Gasteiger partial charge in [-0.25, -0.2) is 9.78 Å². The molecule has 1 aliphatic rings. The fourth-order valence-corrected chi connectivity index (χ4v) is 4.37. The van der Waals surface area contributed by atoms with Crippen molar-refractivity contribution in [2.45, 2.75) is 45.7 Å². The van der Waals surface area contributed by atoms with Crippen LogP contribution < -0.4 is 16.2 Å². The van der Waals surface area contributed by atoms with Crippen LogP contribution in [0, 0.1) is 13.8 Å². The quantitative estimate of drug-likeness (QED) is 0.540. The number of carbonyl (C=O) groups is 2. The Bertz CT molecular complexity index is 1350. The zero-order valence-corrected chi connectivity index (χ0v) is 19.3. The van der Waals surface area contributed by atoms with Crippen molar-refractivity contribution in [3.05, 3.63) is 80.9 Å². The highest BCUT2D eigenvalue weighted by atomic mass is 35.5. The average molecular weight is 465 g/mol. The second-order valence-electron chi connectivity index (χ2n) is 8.36. The molecule has 2 aromatic carbocycles. The second-order valence-corrected chi connectivity index (χ2v) is 8.77. The molecular formula is C25H25ClN4O3. The van der Waals surface area contributed by atoms with Gasteiger partial charge in [0, 0.05) is 23.7 Å². The minimum absolute atomic E-state index is 0.0238. The fourth-order valence-electron chi connectivity index (χ4n) is 4.19. The molecule has 7 nitrogen and oxygen atoms in total. The number of amides is 2. The maximum atomic E-state index is 13.5. The number of aromatic nitrogens is 2. The molecule has 170 valence electrons. The van der Waals surface area contributed by atoms with Gasteiger partial charge in [0.25, 0.3) is 5.56 Å². The summed E-state index contributed by atoms with van der Waals surface area (Å²) in [7, 11) is 0. The van der Waals surface area contributed by atoms with Gasteiger partial charge in [-0.05, 0) is 56.0 Å². The summed E-state index contributed by atoms with van der Waals surface area (Å²) in [6, 6.07) is 9.62. The average Bonchev–Trinajstić information content (AvgIpc) is 2.76. The van der Waals surface area contributed by atoms with Crippen LogP contribution >= 0.6 is 11.6 Å². The van der Waals surface area contributed by atoms with Crippen molar-refractivity contribution in [2.24, 2.45) is 0 Å². The summed E-state index contributed by atoms with van der Waals surface area (Å²) >= 11 is 6.12. The van der Waals surface area contributed by atoms with Crippen LogP contribution in [0.3, 0.4) is 0 Å².